The number of fused-ring (bicyclic) bond motifs is 1. The zero-order valence-corrected chi connectivity index (χ0v) is 28.1. The highest BCUT2D eigenvalue weighted by Crippen LogP contribution is 2.45. The van der Waals surface area contributed by atoms with Crippen molar-refractivity contribution in [1.82, 2.24) is 0 Å². The third-order valence-corrected chi connectivity index (χ3v) is 9.53. The molecule has 6 rings (SSSR count). The lowest BCUT2D eigenvalue weighted by Gasteiger charge is -2.45. The van der Waals surface area contributed by atoms with Gasteiger partial charge in [-0.1, -0.05) is 6.07 Å². The molecule has 0 aromatic heterocycles. The second-order valence-electron chi connectivity index (χ2n) is 13.1. The van der Waals surface area contributed by atoms with Gasteiger partial charge in [-0.05, 0) is 24.6 Å². The molecule has 3 saturated heterocycles. The summed E-state index contributed by atoms with van der Waals surface area (Å²) >= 11 is 0. The Morgan fingerprint density at radius 2 is 1.47 bits per heavy atom. The first-order valence-corrected chi connectivity index (χ1v) is 16.5. The van der Waals surface area contributed by atoms with E-state index in [0.717, 1.165) is 12.1 Å². The molecule has 294 valence electrons. The summed E-state index contributed by atoms with van der Waals surface area (Å²) in [7, 11) is 1.28. The number of hydrogen-bond donors (Lipinski definition) is 11. The van der Waals surface area contributed by atoms with Crippen LogP contribution >= 0.6 is 0 Å². The summed E-state index contributed by atoms with van der Waals surface area (Å²) in [6, 6.07) is 5.95. The fourth-order valence-corrected chi connectivity index (χ4v) is 6.50. The second kappa shape index (κ2) is 15.7. The van der Waals surface area contributed by atoms with Crippen molar-refractivity contribution in [3.8, 4) is 28.7 Å². The topological polar surface area (TPSA) is 313 Å². The van der Waals surface area contributed by atoms with E-state index < -0.39 is 129 Å². The Kier molecular flexibility index (Phi) is 11.6. The Labute approximate surface area is 300 Å². The molecule has 0 aliphatic carbocycles. The van der Waals surface area contributed by atoms with Crippen LogP contribution in [-0.4, -0.2) is 174 Å². The maximum atomic E-state index is 13.9. The fourth-order valence-electron chi connectivity index (χ4n) is 6.50. The van der Waals surface area contributed by atoms with Crippen molar-refractivity contribution in [3.63, 3.8) is 0 Å². The minimum atomic E-state index is -1.97. The average molecular weight is 759 g/mol. The largest absolute Gasteiger partial charge is 0.508 e. The number of rotatable bonds is 9. The predicted octanol–water partition coefficient (Wildman–Crippen LogP) is -3.37. The zero-order valence-electron chi connectivity index (χ0n) is 28.1. The van der Waals surface area contributed by atoms with E-state index in [2.05, 4.69) is 0 Å². The highest BCUT2D eigenvalue weighted by atomic mass is 16.7. The smallest absolute Gasteiger partial charge is 0.203 e. The summed E-state index contributed by atoms with van der Waals surface area (Å²) in [5, 5.41) is 115. The van der Waals surface area contributed by atoms with Gasteiger partial charge in [0.1, 0.15) is 83.9 Å². The van der Waals surface area contributed by atoms with Gasteiger partial charge in [-0.3, -0.25) is 4.79 Å². The number of carbonyl (C=O) groups excluding carboxylic acids is 1. The molecular formula is C33H42O20. The van der Waals surface area contributed by atoms with E-state index in [1.165, 1.54) is 32.2 Å². The Morgan fingerprint density at radius 1 is 0.755 bits per heavy atom. The minimum absolute atomic E-state index is 0.00742. The molecule has 20 nitrogen and oxygen atoms in total. The molecule has 4 aliphatic rings. The van der Waals surface area contributed by atoms with Gasteiger partial charge >= 0.3 is 0 Å². The number of hydrogen-bond acceptors (Lipinski definition) is 20. The Morgan fingerprint density at radius 3 is 2.19 bits per heavy atom. The standard InChI is InChI=1S/C33H42O20/c1-10-20(38)29(52-31-25(43)21(39)15(37)8-47-31)27(45)32(49-10)48-9-18-22(40)24(42)26(44)33(51-18)53-30-23(41)19-14(36)6-12(34)7-17(19)50-28(30)11-3-4-13(35)16(5-11)46-2/h3-7,10,15,18,20-22,24-40,42-45H,8-9H2,1-2H3. The van der Waals surface area contributed by atoms with Crippen molar-refractivity contribution in [3.05, 3.63) is 41.5 Å². The van der Waals surface area contributed by atoms with Crippen LogP contribution < -0.4 is 9.47 Å². The van der Waals surface area contributed by atoms with Crippen LogP contribution in [0.5, 0.6) is 28.7 Å². The SMILES string of the molecule is COc1cc(C2Oc3cc(O)cc(O)c3C(=O)C2OC2OC(COC3OC(C)C(O)C(OC4OCC(O)C(O)C4O)C3O)C(O)C(O)C2O)ccc1O. The number of aliphatic hydroxyl groups is 8. The maximum absolute atomic E-state index is 13.9. The van der Waals surface area contributed by atoms with Crippen LogP contribution in [0.4, 0.5) is 0 Å². The first-order chi connectivity index (χ1) is 25.1. The molecule has 3 fully saturated rings. The molecule has 2 aromatic carbocycles. The molecule has 0 amide bonds. The van der Waals surface area contributed by atoms with Crippen LogP contribution in [0.3, 0.4) is 0 Å². The lowest BCUT2D eigenvalue weighted by atomic mass is 9.92. The molecule has 20 heteroatoms. The molecule has 11 N–H and O–H groups in total. The monoisotopic (exact) mass is 758 g/mol. The number of Topliss-reactive ketones (excluding diaryl/α,β-unsaturated/α-hetero) is 1. The van der Waals surface area contributed by atoms with E-state index in [0.29, 0.717) is 0 Å². The summed E-state index contributed by atoms with van der Waals surface area (Å²) in [5.74, 6) is -2.44. The Balaban J connectivity index is 1.20. The van der Waals surface area contributed by atoms with Crippen molar-refractivity contribution in [2.24, 2.45) is 0 Å². The number of phenolic OH excluding ortho intramolecular Hbond substituents is 3. The van der Waals surface area contributed by atoms with E-state index in [1.807, 2.05) is 0 Å². The van der Waals surface area contributed by atoms with Gasteiger partial charge in [0, 0.05) is 12.1 Å². The molecule has 0 saturated carbocycles. The van der Waals surface area contributed by atoms with Crippen molar-refractivity contribution >= 4 is 5.78 Å². The van der Waals surface area contributed by atoms with Gasteiger partial charge in [0.25, 0.3) is 0 Å². The number of ketones is 1. The van der Waals surface area contributed by atoms with Gasteiger partial charge < -0.3 is 94.1 Å². The molecule has 53 heavy (non-hydrogen) atoms. The Bertz CT molecular complexity index is 1610. The first kappa shape index (κ1) is 39.2. The first-order valence-electron chi connectivity index (χ1n) is 16.5. The summed E-state index contributed by atoms with van der Waals surface area (Å²) in [4.78, 5) is 13.9. The van der Waals surface area contributed by atoms with Crippen molar-refractivity contribution in [2.45, 2.75) is 105 Å². The number of ether oxygens (including phenoxy) is 8. The third-order valence-electron chi connectivity index (χ3n) is 9.53. The molecular weight excluding hydrogens is 716 g/mol. The molecule has 4 heterocycles. The minimum Gasteiger partial charge on any atom is -0.508 e. The number of phenols is 3. The van der Waals surface area contributed by atoms with Gasteiger partial charge in [0.15, 0.2) is 42.6 Å². The highest BCUT2D eigenvalue weighted by molar-refractivity contribution is 6.05. The molecule has 2 aromatic rings. The molecule has 0 bridgehead atoms. The van der Waals surface area contributed by atoms with E-state index in [-0.39, 0.29) is 28.4 Å². The third kappa shape index (κ3) is 7.61. The number of benzene rings is 2. The number of carbonyl (C=O) groups is 1. The molecule has 4 aliphatic heterocycles. The van der Waals surface area contributed by atoms with Crippen LogP contribution in [0.2, 0.25) is 0 Å². The van der Waals surface area contributed by atoms with Crippen molar-refractivity contribution in [2.75, 3.05) is 20.3 Å². The zero-order chi connectivity index (χ0) is 38.5. The molecule has 0 radical (unpaired) electrons. The van der Waals surface area contributed by atoms with Crippen LogP contribution in [0.25, 0.3) is 0 Å². The normalized spacial score (nSPS) is 40.3. The number of aliphatic hydroxyl groups excluding tert-OH is 8. The summed E-state index contributed by atoms with van der Waals surface area (Å²) in [6.07, 6.45) is -26.1. The summed E-state index contributed by atoms with van der Waals surface area (Å²) in [5.41, 5.74) is -0.181. The Hall–Kier alpha value is -3.45. The summed E-state index contributed by atoms with van der Waals surface area (Å²) < 4.78 is 44.9. The lowest BCUT2D eigenvalue weighted by molar-refractivity contribution is -0.355. The lowest BCUT2D eigenvalue weighted by Crippen LogP contribution is -2.63. The number of aromatic hydroxyl groups is 3. The van der Waals surface area contributed by atoms with Crippen LogP contribution in [0.1, 0.15) is 28.9 Å². The number of methoxy groups -OCH3 is 1. The predicted molar refractivity (Wildman–Crippen MR) is 169 cm³/mol. The van der Waals surface area contributed by atoms with Crippen molar-refractivity contribution in [1.29, 1.82) is 0 Å². The van der Waals surface area contributed by atoms with Gasteiger partial charge in [0.05, 0.1) is 26.4 Å². The van der Waals surface area contributed by atoms with E-state index >= 15 is 0 Å². The van der Waals surface area contributed by atoms with Crippen LogP contribution in [0, 0.1) is 0 Å². The van der Waals surface area contributed by atoms with Crippen LogP contribution in [-0.2, 0) is 28.4 Å². The van der Waals surface area contributed by atoms with Gasteiger partial charge in [0.2, 0.25) is 5.78 Å². The van der Waals surface area contributed by atoms with Gasteiger partial charge in [-0.15, -0.1) is 0 Å². The van der Waals surface area contributed by atoms with E-state index in [4.69, 9.17) is 37.9 Å². The second-order valence-corrected chi connectivity index (χ2v) is 13.1. The van der Waals surface area contributed by atoms with Crippen LogP contribution in [0.15, 0.2) is 30.3 Å². The summed E-state index contributed by atoms with van der Waals surface area (Å²) in [6.45, 7) is 0.338. The maximum Gasteiger partial charge on any atom is 0.203 e. The highest BCUT2D eigenvalue weighted by Gasteiger charge is 2.52. The molecule has 0 spiro atoms. The van der Waals surface area contributed by atoms with Crippen molar-refractivity contribution < 1.29 is 98.9 Å². The van der Waals surface area contributed by atoms with Gasteiger partial charge in [-0.25, -0.2) is 0 Å². The quantitative estimate of drug-likeness (QED) is 0.119. The average Bonchev–Trinajstić information content (AvgIpc) is 3.12. The van der Waals surface area contributed by atoms with E-state index in [9.17, 15) is 61.0 Å². The fraction of sp³-hybridized carbons (Fsp3) is 0.606. The van der Waals surface area contributed by atoms with Gasteiger partial charge in [-0.2, -0.15) is 0 Å². The van der Waals surface area contributed by atoms with E-state index in [1.54, 1.807) is 0 Å². The molecule has 16 unspecified atom stereocenters. The molecule has 16 atom stereocenters.